The minimum atomic E-state index is -0.869. The molecule has 3 aromatic rings. The number of nitrogens with two attached hydrogens (primary N) is 1. The van der Waals surface area contributed by atoms with E-state index in [1.54, 1.807) is 12.3 Å². The number of aromatic nitrogens is 1. The van der Waals surface area contributed by atoms with Crippen molar-refractivity contribution in [2.75, 3.05) is 37.2 Å². The van der Waals surface area contributed by atoms with Gasteiger partial charge in [-0.25, -0.2) is 8.78 Å². The fourth-order valence-corrected chi connectivity index (χ4v) is 6.23. The van der Waals surface area contributed by atoms with Gasteiger partial charge in [-0.1, -0.05) is 24.3 Å². The average molecular weight is 499 g/mol. The number of ether oxygens (including phenoxy) is 2. The third-order valence-electron chi connectivity index (χ3n) is 6.86. The summed E-state index contributed by atoms with van der Waals surface area (Å²) in [4.78, 5) is 15.6. The molecule has 0 unspecified atom stereocenters. The zero-order valence-corrected chi connectivity index (χ0v) is 19.6. The fraction of sp³-hybridized carbons (Fsp3) is 0.320. The van der Waals surface area contributed by atoms with Crippen LogP contribution in [-0.4, -0.2) is 42.2 Å². The Balaban J connectivity index is 1.66. The highest BCUT2D eigenvalue weighted by Crippen LogP contribution is 2.44. The van der Waals surface area contributed by atoms with Crippen molar-refractivity contribution < 1.29 is 18.3 Å². The van der Waals surface area contributed by atoms with Crippen LogP contribution in [0.3, 0.4) is 0 Å². The number of hydrogen-bond acceptors (Lipinski definition) is 7. The maximum absolute atomic E-state index is 15.2. The van der Waals surface area contributed by atoms with E-state index in [9.17, 15) is 9.18 Å². The number of rotatable bonds is 1. The van der Waals surface area contributed by atoms with Crippen molar-refractivity contribution in [2.45, 2.75) is 29.5 Å². The molecule has 35 heavy (non-hydrogen) atoms. The molecule has 10 heteroatoms. The Bertz CT molecular complexity index is 1350. The molecular weight excluding hydrogens is 474 g/mol. The number of halogens is 2. The first-order chi connectivity index (χ1) is 17.0. The van der Waals surface area contributed by atoms with Crippen molar-refractivity contribution in [3.8, 4) is 0 Å². The van der Waals surface area contributed by atoms with Crippen LogP contribution in [0.15, 0.2) is 58.4 Å². The highest BCUT2D eigenvalue weighted by atomic mass is 32.2. The first-order valence-electron chi connectivity index (χ1n) is 11.4. The van der Waals surface area contributed by atoms with E-state index in [-0.39, 0.29) is 23.9 Å². The van der Waals surface area contributed by atoms with Gasteiger partial charge in [0.1, 0.15) is 18.6 Å². The van der Waals surface area contributed by atoms with Crippen molar-refractivity contribution in [3.63, 3.8) is 0 Å². The van der Waals surface area contributed by atoms with Gasteiger partial charge in [-0.05, 0) is 23.3 Å². The van der Waals surface area contributed by atoms with Gasteiger partial charge in [0.15, 0.2) is 11.6 Å². The summed E-state index contributed by atoms with van der Waals surface area (Å²) in [5, 5.41) is 2.08. The van der Waals surface area contributed by atoms with Gasteiger partial charge in [-0.2, -0.15) is 0 Å². The molecule has 0 radical (unpaired) electrons. The van der Waals surface area contributed by atoms with Crippen LogP contribution in [0.5, 0.6) is 0 Å². The first kappa shape index (κ1) is 22.5. The molecule has 1 fully saturated rings. The summed E-state index contributed by atoms with van der Waals surface area (Å²) >= 11 is 1.48. The van der Waals surface area contributed by atoms with Gasteiger partial charge in [0, 0.05) is 35.0 Å². The van der Waals surface area contributed by atoms with E-state index >= 15 is 4.39 Å². The van der Waals surface area contributed by atoms with Crippen LogP contribution in [0.25, 0.3) is 0 Å². The van der Waals surface area contributed by atoms with Gasteiger partial charge in [0.2, 0.25) is 5.43 Å². The lowest BCUT2D eigenvalue weighted by molar-refractivity contribution is -0.0885. The SMILES string of the molecule is Nc1c2n(ccc1=O)N([C@@H]1c3ccccc3SCc3c1ccc(F)c3F)[C@@H]1COCCN1COC2. The fourth-order valence-electron chi connectivity index (χ4n) is 5.11. The second-order valence-corrected chi connectivity index (χ2v) is 9.79. The lowest BCUT2D eigenvalue weighted by atomic mass is 9.93. The monoisotopic (exact) mass is 498 g/mol. The number of thioether (sulfide) groups is 1. The summed E-state index contributed by atoms with van der Waals surface area (Å²) in [5.41, 5.74) is 8.52. The summed E-state index contributed by atoms with van der Waals surface area (Å²) in [6, 6.07) is 11.7. The van der Waals surface area contributed by atoms with Crippen molar-refractivity contribution in [2.24, 2.45) is 0 Å². The minimum absolute atomic E-state index is 0.101. The third-order valence-corrected chi connectivity index (χ3v) is 7.97. The second kappa shape index (κ2) is 8.94. The number of hydrogen-bond donors (Lipinski definition) is 1. The second-order valence-electron chi connectivity index (χ2n) is 8.77. The molecule has 2 N–H and O–H groups in total. The zero-order chi connectivity index (χ0) is 24.1. The smallest absolute Gasteiger partial charge is 0.204 e. The Kier molecular flexibility index (Phi) is 5.76. The molecule has 0 aliphatic carbocycles. The zero-order valence-electron chi connectivity index (χ0n) is 18.8. The highest BCUT2D eigenvalue weighted by molar-refractivity contribution is 7.98. The molecule has 0 spiro atoms. The molecular formula is C25H24F2N4O3S. The molecule has 0 bridgehead atoms. The Hall–Kier alpha value is -2.92. The molecule has 1 saturated heterocycles. The van der Waals surface area contributed by atoms with Crippen molar-refractivity contribution in [1.29, 1.82) is 0 Å². The summed E-state index contributed by atoms with van der Waals surface area (Å²) in [6.45, 7) is 2.01. The Morgan fingerprint density at radius 2 is 1.91 bits per heavy atom. The third kappa shape index (κ3) is 3.72. The number of nitrogen functional groups attached to an aromatic ring is 1. The molecule has 0 amide bonds. The van der Waals surface area contributed by atoms with Crippen molar-refractivity contribution >= 4 is 17.4 Å². The Morgan fingerprint density at radius 1 is 1.06 bits per heavy atom. The molecule has 182 valence electrons. The minimum Gasteiger partial charge on any atom is -0.394 e. The van der Waals surface area contributed by atoms with E-state index in [1.807, 2.05) is 28.9 Å². The first-order valence-corrected chi connectivity index (χ1v) is 12.4. The van der Waals surface area contributed by atoms with Crippen molar-refractivity contribution in [3.05, 3.63) is 92.9 Å². The van der Waals surface area contributed by atoms with E-state index in [0.717, 1.165) is 10.5 Å². The highest BCUT2D eigenvalue weighted by Gasteiger charge is 2.40. The maximum atomic E-state index is 15.2. The van der Waals surface area contributed by atoms with Gasteiger partial charge in [0.25, 0.3) is 0 Å². The van der Waals surface area contributed by atoms with Gasteiger partial charge < -0.3 is 15.2 Å². The number of anilines is 1. The molecule has 1 aromatic heterocycles. The molecule has 2 atom stereocenters. The van der Waals surface area contributed by atoms with Gasteiger partial charge >= 0.3 is 0 Å². The van der Waals surface area contributed by atoms with E-state index in [0.29, 0.717) is 49.1 Å². The van der Waals surface area contributed by atoms with Crippen LogP contribution in [0, 0.1) is 11.6 Å². The van der Waals surface area contributed by atoms with E-state index in [2.05, 4.69) is 9.91 Å². The van der Waals surface area contributed by atoms with Crippen LogP contribution in [0.4, 0.5) is 14.5 Å². The predicted molar refractivity (Wildman–Crippen MR) is 129 cm³/mol. The predicted octanol–water partition coefficient (Wildman–Crippen LogP) is 3.19. The summed E-state index contributed by atoms with van der Waals surface area (Å²) in [6.07, 6.45) is 1.36. The van der Waals surface area contributed by atoms with E-state index < -0.39 is 17.7 Å². The van der Waals surface area contributed by atoms with E-state index in [1.165, 1.54) is 23.9 Å². The van der Waals surface area contributed by atoms with Gasteiger partial charge in [-0.15, -0.1) is 11.8 Å². The summed E-state index contributed by atoms with van der Waals surface area (Å²) in [7, 11) is 0. The lowest BCUT2D eigenvalue weighted by Crippen LogP contribution is -2.62. The molecule has 3 aliphatic rings. The number of morpholine rings is 1. The van der Waals surface area contributed by atoms with Crippen LogP contribution in [-0.2, 0) is 21.8 Å². The van der Waals surface area contributed by atoms with Crippen LogP contribution in [0.2, 0.25) is 0 Å². The Labute approximate surface area is 205 Å². The van der Waals surface area contributed by atoms with Crippen LogP contribution >= 0.6 is 11.8 Å². The summed E-state index contributed by atoms with van der Waals surface area (Å²) < 4.78 is 43.2. The molecule has 4 heterocycles. The molecule has 7 nitrogen and oxygen atoms in total. The summed E-state index contributed by atoms with van der Waals surface area (Å²) in [5.74, 6) is -1.40. The van der Waals surface area contributed by atoms with Crippen LogP contribution in [0.1, 0.15) is 28.4 Å². The van der Waals surface area contributed by atoms with Gasteiger partial charge in [-0.3, -0.25) is 19.4 Å². The van der Waals surface area contributed by atoms with Crippen LogP contribution < -0.4 is 16.2 Å². The quantitative estimate of drug-likeness (QED) is 0.553. The maximum Gasteiger partial charge on any atom is 0.204 e. The Morgan fingerprint density at radius 3 is 2.80 bits per heavy atom. The number of benzene rings is 2. The lowest BCUT2D eigenvalue weighted by Gasteiger charge is -2.49. The molecule has 3 aliphatic heterocycles. The number of pyridine rings is 1. The topological polar surface area (TPSA) is 73.0 Å². The largest absolute Gasteiger partial charge is 0.394 e. The number of fused-ring (bicyclic) bond motifs is 4. The van der Waals surface area contributed by atoms with Gasteiger partial charge in [0.05, 0.1) is 31.6 Å². The van der Waals surface area contributed by atoms with E-state index in [4.69, 9.17) is 15.2 Å². The standard InChI is InChI=1S/C25H24F2N4O3S/c26-18-6-5-15-17(23(18)27)13-35-21-4-2-1-3-16(21)25(15)31-22-12-33-10-9-29(22)14-34-11-19-24(28)20(32)7-8-30(19)31/h1-8,22,25H,9-14,28H2/t22-,25+/m1/s1. The normalized spacial score (nSPS) is 22.2. The molecule has 2 aromatic carbocycles. The number of nitrogens with zero attached hydrogens (tertiary/aromatic N) is 3. The molecule has 6 rings (SSSR count). The average Bonchev–Trinajstić information content (AvgIpc) is 3.02. The van der Waals surface area contributed by atoms with Crippen molar-refractivity contribution in [1.82, 2.24) is 9.58 Å². The molecule has 0 saturated carbocycles.